The lowest BCUT2D eigenvalue weighted by Gasteiger charge is -2.18. The average Bonchev–Trinajstić information content (AvgIpc) is 2.25. The van der Waals surface area contributed by atoms with E-state index in [1.807, 2.05) is 32.9 Å². The maximum absolute atomic E-state index is 12.0. The van der Waals surface area contributed by atoms with Crippen LogP contribution in [0.3, 0.4) is 0 Å². The quantitative estimate of drug-likeness (QED) is 0.804. The van der Waals surface area contributed by atoms with E-state index >= 15 is 0 Å². The molecule has 0 saturated carbocycles. The fourth-order valence-electron chi connectivity index (χ4n) is 2.44. The molecule has 0 heterocycles. The van der Waals surface area contributed by atoms with Crippen LogP contribution in [0, 0.1) is 20.8 Å². The number of ether oxygens (including phenoxy) is 1. The van der Waals surface area contributed by atoms with Crippen molar-refractivity contribution in [1.29, 1.82) is 0 Å². The minimum Gasteiger partial charge on any atom is -0.379 e. The van der Waals surface area contributed by atoms with Crippen LogP contribution in [0.2, 0.25) is 0 Å². The maximum atomic E-state index is 12.0. The first-order valence-electron chi connectivity index (χ1n) is 6.68. The molecule has 2 nitrogen and oxygen atoms in total. The highest BCUT2D eigenvalue weighted by atomic mass is 19.4. The number of halogens is 3. The highest BCUT2D eigenvalue weighted by Crippen LogP contribution is 2.23. The van der Waals surface area contributed by atoms with E-state index in [-0.39, 0.29) is 25.7 Å². The minimum absolute atomic E-state index is 0.0257. The van der Waals surface area contributed by atoms with E-state index in [0.717, 1.165) is 16.7 Å². The molecule has 1 rings (SSSR count). The predicted molar refractivity (Wildman–Crippen MR) is 73.7 cm³/mol. The van der Waals surface area contributed by atoms with E-state index in [0.29, 0.717) is 0 Å². The van der Waals surface area contributed by atoms with Gasteiger partial charge < -0.3 is 10.5 Å². The van der Waals surface area contributed by atoms with Gasteiger partial charge in [0.05, 0.1) is 12.6 Å². The van der Waals surface area contributed by atoms with Crippen molar-refractivity contribution in [2.45, 2.75) is 45.8 Å². The van der Waals surface area contributed by atoms with Crippen molar-refractivity contribution in [1.82, 2.24) is 0 Å². The summed E-state index contributed by atoms with van der Waals surface area (Å²) in [5, 5.41) is 0. The van der Waals surface area contributed by atoms with E-state index < -0.39 is 12.6 Å². The average molecular weight is 289 g/mol. The summed E-state index contributed by atoms with van der Waals surface area (Å²) in [4.78, 5) is 0. The van der Waals surface area contributed by atoms with Gasteiger partial charge in [-0.3, -0.25) is 0 Å². The standard InChI is InChI=1S/C15H22F3NO/c1-10-7-11(2)14(12(3)8-10)13(19)9-20-6-4-5-15(16,17)18/h7-8,13H,4-6,9,19H2,1-3H3. The predicted octanol–water partition coefficient (Wildman–Crippen LogP) is 3.97. The van der Waals surface area contributed by atoms with Gasteiger partial charge >= 0.3 is 6.18 Å². The molecule has 2 N–H and O–H groups in total. The van der Waals surface area contributed by atoms with Crippen LogP contribution in [0.1, 0.15) is 41.1 Å². The summed E-state index contributed by atoms with van der Waals surface area (Å²) >= 11 is 0. The molecule has 0 aromatic heterocycles. The van der Waals surface area contributed by atoms with Crippen LogP contribution in [0.15, 0.2) is 12.1 Å². The molecule has 0 fully saturated rings. The second kappa shape index (κ2) is 7.09. The number of alkyl halides is 3. The minimum atomic E-state index is -4.12. The highest BCUT2D eigenvalue weighted by Gasteiger charge is 2.26. The molecular formula is C15H22F3NO. The summed E-state index contributed by atoms with van der Waals surface area (Å²) in [6, 6.07) is 3.79. The van der Waals surface area contributed by atoms with Gasteiger partial charge in [0.25, 0.3) is 0 Å². The highest BCUT2D eigenvalue weighted by molar-refractivity contribution is 5.39. The molecule has 5 heteroatoms. The number of aryl methyl sites for hydroxylation is 3. The van der Waals surface area contributed by atoms with Crippen molar-refractivity contribution in [3.05, 3.63) is 34.4 Å². The van der Waals surface area contributed by atoms with Crippen LogP contribution >= 0.6 is 0 Å². The van der Waals surface area contributed by atoms with Crippen LogP contribution in [0.25, 0.3) is 0 Å². The second-order valence-corrected chi connectivity index (χ2v) is 5.21. The first kappa shape index (κ1) is 17.0. The van der Waals surface area contributed by atoms with Gasteiger partial charge in [-0.2, -0.15) is 13.2 Å². The molecule has 0 radical (unpaired) electrons. The first-order valence-corrected chi connectivity index (χ1v) is 6.68. The van der Waals surface area contributed by atoms with Crippen molar-refractivity contribution >= 4 is 0 Å². The van der Waals surface area contributed by atoms with Crippen molar-refractivity contribution in [3.8, 4) is 0 Å². The SMILES string of the molecule is Cc1cc(C)c(C(N)COCCCC(F)(F)F)c(C)c1. The third-order valence-corrected chi connectivity index (χ3v) is 3.16. The molecule has 1 aromatic carbocycles. The van der Waals surface area contributed by atoms with Gasteiger partial charge in [-0.1, -0.05) is 17.7 Å². The number of benzene rings is 1. The Balaban J connectivity index is 2.46. The summed E-state index contributed by atoms with van der Waals surface area (Å²) < 4.78 is 41.2. The van der Waals surface area contributed by atoms with Gasteiger partial charge in [-0.15, -0.1) is 0 Å². The molecule has 0 amide bonds. The van der Waals surface area contributed by atoms with E-state index in [9.17, 15) is 13.2 Å². The molecule has 114 valence electrons. The first-order chi connectivity index (χ1) is 9.20. The van der Waals surface area contributed by atoms with Crippen LogP contribution < -0.4 is 5.73 Å². The number of hydrogen-bond acceptors (Lipinski definition) is 2. The summed E-state index contributed by atoms with van der Waals surface area (Å²) in [6.07, 6.45) is -4.96. The Morgan fingerprint density at radius 1 is 1.15 bits per heavy atom. The van der Waals surface area contributed by atoms with Crippen molar-refractivity contribution in [2.24, 2.45) is 5.73 Å². The Morgan fingerprint density at radius 3 is 2.20 bits per heavy atom. The number of nitrogens with two attached hydrogens (primary N) is 1. The molecular weight excluding hydrogens is 267 g/mol. The lowest BCUT2D eigenvalue weighted by Crippen LogP contribution is -2.20. The zero-order valence-corrected chi connectivity index (χ0v) is 12.2. The van der Waals surface area contributed by atoms with Crippen LogP contribution in [0.4, 0.5) is 13.2 Å². The molecule has 0 aliphatic carbocycles. The fraction of sp³-hybridized carbons (Fsp3) is 0.600. The Hall–Kier alpha value is -1.07. The van der Waals surface area contributed by atoms with E-state index in [2.05, 4.69) is 0 Å². The summed E-state index contributed by atoms with van der Waals surface area (Å²) in [6.45, 7) is 6.31. The van der Waals surface area contributed by atoms with Gasteiger partial charge in [0.2, 0.25) is 0 Å². The monoisotopic (exact) mass is 289 g/mol. The largest absolute Gasteiger partial charge is 0.389 e. The number of rotatable bonds is 6. The van der Waals surface area contributed by atoms with Gasteiger partial charge in [0.1, 0.15) is 0 Å². The normalized spacial score (nSPS) is 13.6. The van der Waals surface area contributed by atoms with Crippen LogP contribution in [-0.2, 0) is 4.74 Å². The van der Waals surface area contributed by atoms with Gasteiger partial charge in [0.15, 0.2) is 0 Å². The third kappa shape index (κ3) is 5.51. The second-order valence-electron chi connectivity index (χ2n) is 5.21. The summed E-state index contributed by atoms with van der Waals surface area (Å²) in [5.74, 6) is 0. The van der Waals surface area contributed by atoms with Crippen LogP contribution in [-0.4, -0.2) is 19.4 Å². The molecule has 0 aliphatic heterocycles. The summed E-state index contributed by atoms with van der Waals surface area (Å²) in [7, 11) is 0. The van der Waals surface area contributed by atoms with E-state index in [1.54, 1.807) is 0 Å². The van der Waals surface area contributed by atoms with E-state index in [4.69, 9.17) is 10.5 Å². The van der Waals surface area contributed by atoms with Crippen LogP contribution in [0.5, 0.6) is 0 Å². The maximum Gasteiger partial charge on any atom is 0.389 e. The van der Waals surface area contributed by atoms with Gasteiger partial charge in [-0.25, -0.2) is 0 Å². The Kier molecular flexibility index (Phi) is 6.02. The van der Waals surface area contributed by atoms with E-state index in [1.165, 1.54) is 5.56 Å². The lowest BCUT2D eigenvalue weighted by molar-refractivity contribution is -0.137. The Morgan fingerprint density at radius 2 is 1.70 bits per heavy atom. The third-order valence-electron chi connectivity index (χ3n) is 3.16. The fourth-order valence-corrected chi connectivity index (χ4v) is 2.44. The zero-order valence-electron chi connectivity index (χ0n) is 12.2. The van der Waals surface area contributed by atoms with Gasteiger partial charge in [0, 0.05) is 13.0 Å². The smallest absolute Gasteiger partial charge is 0.379 e. The molecule has 0 bridgehead atoms. The van der Waals surface area contributed by atoms with Gasteiger partial charge in [-0.05, 0) is 43.9 Å². The zero-order chi connectivity index (χ0) is 15.3. The molecule has 0 saturated heterocycles. The Labute approximate surface area is 118 Å². The molecule has 1 aromatic rings. The number of hydrogen-bond donors (Lipinski definition) is 1. The van der Waals surface area contributed by atoms with Crippen molar-refractivity contribution in [2.75, 3.05) is 13.2 Å². The molecule has 1 unspecified atom stereocenters. The summed E-state index contributed by atoms with van der Waals surface area (Å²) in [5.41, 5.74) is 10.4. The Bertz CT molecular complexity index is 420. The topological polar surface area (TPSA) is 35.2 Å². The van der Waals surface area contributed by atoms with Crippen molar-refractivity contribution < 1.29 is 17.9 Å². The molecule has 0 aliphatic rings. The molecule has 0 spiro atoms. The molecule has 20 heavy (non-hydrogen) atoms. The lowest BCUT2D eigenvalue weighted by atomic mass is 9.95. The van der Waals surface area contributed by atoms with Crippen molar-refractivity contribution in [3.63, 3.8) is 0 Å². The molecule has 1 atom stereocenters.